The zero-order valence-corrected chi connectivity index (χ0v) is 11.2. The van der Waals surface area contributed by atoms with Gasteiger partial charge in [0.25, 0.3) is 0 Å². The molecule has 1 aromatic rings. The molecular weight excluding hydrogens is 228 g/mol. The normalized spacial score (nSPS) is 13.1. The lowest BCUT2D eigenvalue weighted by atomic mass is 9.94. The maximum atomic E-state index is 12.0. The molecule has 0 saturated heterocycles. The van der Waals surface area contributed by atoms with Crippen LogP contribution in [0.3, 0.4) is 0 Å². The highest BCUT2D eigenvalue weighted by Gasteiger charge is 2.20. The lowest BCUT2D eigenvalue weighted by Gasteiger charge is -2.23. The summed E-state index contributed by atoms with van der Waals surface area (Å²) in [4.78, 5) is 12.0. The van der Waals surface area contributed by atoms with Gasteiger partial charge in [0.15, 0.2) is 0 Å². The van der Waals surface area contributed by atoms with Crippen LogP contribution in [0.25, 0.3) is 0 Å². The van der Waals surface area contributed by atoms with E-state index in [1.807, 2.05) is 32.9 Å². The van der Waals surface area contributed by atoms with Crippen molar-refractivity contribution in [2.75, 3.05) is 18.9 Å². The minimum atomic E-state index is -0.301. The lowest BCUT2D eigenvalue weighted by Crippen LogP contribution is -2.38. The van der Waals surface area contributed by atoms with Crippen LogP contribution >= 0.6 is 0 Å². The van der Waals surface area contributed by atoms with E-state index < -0.39 is 0 Å². The minimum absolute atomic E-state index is 0.0416. The zero-order chi connectivity index (χ0) is 13.8. The van der Waals surface area contributed by atoms with Crippen molar-refractivity contribution in [3.05, 3.63) is 29.8 Å². The van der Waals surface area contributed by atoms with Crippen molar-refractivity contribution in [2.24, 2.45) is 5.41 Å². The Kier molecular flexibility index (Phi) is 4.73. The first-order valence-corrected chi connectivity index (χ1v) is 6.10. The van der Waals surface area contributed by atoms with Crippen LogP contribution < -0.4 is 11.1 Å². The van der Waals surface area contributed by atoms with Gasteiger partial charge in [-0.15, -0.1) is 0 Å². The highest BCUT2D eigenvalue weighted by molar-refractivity contribution is 5.83. The molecule has 0 aliphatic heterocycles. The number of nitrogen functional groups attached to an aromatic ring is 1. The number of carbonyl (C=O) groups is 1. The number of amides is 1. The average Bonchev–Trinajstić information content (AvgIpc) is 2.35. The van der Waals surface area contributed by atoms with Gasteiger partial charge in [-0.05, 0) is 24.6 Å². The number of benzene rings is 1. The Balaban J connectivity index is 2.62. The van der Waals surface area contributed by atoms with Gasteiger partial charge < -0.3 is 16.2 Å². The van der Waals surface area contributed by atoms with E-state index in [1.165, 1.54) is 0 Å². The van der Waals surface area contributed by atoms with Crippen molar-refractivity contribution in [3.63, 3.8) is 0 Å². The molecule has 1 unspecified atom stereocenters. The van der Waals surface area contributed by atoms with Gasteiger partial charge >= 0.3 is 0 Å². The Labute approximate surface area is 108 Å². The molecule has 4 N–H and O–H groups in total. The number of nitrogens with two attached hydrogens (primary N) is 1. The van der Waals surface area contributed by atoms with Gasteiger partial charge in [-0.3, -0.25) is 4.79 Å². The first kappa shape index (κ1) is 14.5. The van der Waals surface area contributed by atoms with Crippen LogP contribution in [0.5, 0.6) is 0 Å². The van der Waals surface area contributed by atoms with Crippen LogP contribution in [0.4, 0.5) is 5.69 Å². The Morgan fingerprint density at radius 3 is 2.72 bits per heavy atom. The van der Waals surface area contributed by atoms with Gasteiger partial charge in [0, 0.05) is 24.3 Å². The van der Waals surface area contributed by atoms with Gasteiger partial charge in [-0.25, -0.2) is 0 Å². The molecule has 0 fully saturated rings. The standard InChI is InChI=1S/C14H22N2O2/c1-10(11-5-4-6-12(15)7-11)13(18)16-8-14(2,3)9-17/h4-7,10,17H,8-9,15H2,1-3H3,(H,16,18). The Morgan fingerprint density at radius 2 is 2.17 bits per heavy atom. The largest absolute Gasteiger partial charge is 0.399 e. The van der Waals surface area contributed by atoms with E-state index in [2.05, 4.69) is 5.32 Å². The molecule has 4 heteroatoms. The van der Waals surface area contributed by atoms with Crippen LogP contribution in [0.2, 0.25) is 0 Å². The van der Waals surface area contributed by atoms with Gasteiger partial charge in [0.2, 0.25) is 5.91 Å². The van der Waals surface area contributed by atoms with E-state index >= 15 is 0 Å². The molecule has 1 rings (SSSR count). The SMILES string of the molecule is CC(C(=O)NCC(C)(C)CO)c1cccc(N)c1. The third kappa shape index (κ3) is 4.04. The van der Waals surface area contributed by atoms with Crippen LogP contribution in [0.15, 0.2) is 24.3 Å². The number of anilines is 1. The van der Waals surface area contributed by atoms with Crippen LogP contribution in [-0.4, -0.2) is 24.2 Å². The molecular formula is C14H22N2O2. The summed E-state index contributed by atoms with van der Waals surface area (Å²) in [6, 6.07) is 7.33. The number of nitrogens with one attached hydrogen (secondary N) is 1. The molecule has 0 aliphatic rings. The van der Waals surface area contributed by atoms with Crippen LogP contribution in [0, 0.1) is 5.41 Å². The number of rotatable bonds is 5. The molecule has 1 amide bonds. The van der Waals surface area contributed by atoms with Crippen molar-refractivity contribution in [2.45, 2.75) is 26.7 Å². The van der Waals surface area contributed by atoms with E-state index in [4.69, 9.17) is 10.8 Å². The smallest absolute Gasteiger partial charge is 0.227 e. The second kappa shape index (κ2) is 5.87. The van der Waals surface area contributed by atoms with Crippen molar-refractivity contribution in [1.29, 1.82) is 0 Å². The molecule has 0 heterocycles. The van der Waals surface area contributed by atoms with E-state index in [0.29, 0.717) is 12.2 Å². The topological polar surface area (TPSA) is 75.3 Å². The number of aliphatic hydroxyl groups is 1. The summed E-state index contributed by atoms with van der Waals surface area (Å²) in [5.41, 5.74) is 6.95. The highest BCUT2D eigenvalue weighted by Crippen LogP contribution is 2.18. The van der Waals surface area contributed by atoms with E-state index in [0.717, 1.165) is 5.56 Å². The maximum absolute atomic E-state index is 12.0. The van der Waals surface area contributed by atoms with Crippen molar-refractivity contribution in [1.82, 2.24) is 5.32 Å². The first-order chi connectivity index (χ1) is 8.35. The molecule has 0 radical (unpaired) electrons. The molecule has 0 aliphatic carbocycles. The molecule has 0 aromatic heterocycles. The van der Waals surface area contributed by atoms with E-state index in [-0.39, 0.29) is 23.8 Å². The summed E-state index contributed by atoms with van der Waals surface area (Å²) in [5, 5.41) is 12.0. The monoisotopic (exact) mass is 250 g/mol. The molecule has 18 heavy (non-hydrogen) atoms. The Bertz CT molecular complexity index is 416. The molecule has 1 atom stereocenters. The fourth-order valence-electron chi connectivity index (χ4n) is 1.52. The molecule has 0 saturated carbocycles. The third-order valence-electron chi connectivity index (χ3n) is 2.97. The summed E-state index contributed by atoms with van der Waals surface area (Å²) >= 11 is 0. The van der Waals surface area contributed by atoms with Crippen molar-refractivity contribution >= 4 is 11.6 Å². The van der Waals surface area contributed by atoms with Gasteiger partial charge in [0.1, 0.15) is 0 Å². The predicted octanol–water partition coefficient (Wildman–Crippen LogP) is 1.51. The number of carbonyl (C=O) groups excluding carboxylic acids is 1. The highest BCUT2D eigenvalue weighted by atomic mass is 16.3. The number of hydrogen-bond donors (Lipinski definition) is 3. The summed E-state index contributed by atoms with van der Waals surface area (Å²) in [7, 11) is 0. The number of aliphatic hydroxyl groups excluding tert-OH is 1. The zero-order valence-electron chi connectivity index (χ0n) is 11.2. The van der Waals surface area contributed by atoms with Gasteiger partial charge in [-0.2, -0.15) is 0 Å². The molecule has 100 valence electrons. The summed E-state index contributed by atoms with van der Waals surface area (Å²) in [6.07, 6.45) is 0. The van der Waals surface area contributed by atoms with Crippen molar-refractivity contribution < 1.29 is 9.90 Å². The molecule has 1 aromatic carbocycles. The minimum Gasteiger partial charge on any atom is -0.399 e. The first-order valence-electron chi connectivity index (χ1n) is 6.10. The molecule has 4 nitrogen and oxygen atoms in total. The lowest BCUT2D eigenvalue weighted by molar-refractivity contribution is -0.122. The van der Waals surface area contributed by atoms with Crippen LogP contribution in [0.1, 0.15) is 32.3 Å². The van der Waals surface area contributed by atoms with Gasteiger partial charge in [0.05, 0.1) is 5.92 Å². The van der Waals surface area contributed by atoms with Crippen molar-refractivity contribution in [3.8, 4) is 0 Å². The van der Waals surface area contributed by atoms with Gasteiger partial charge in [-0.1, -0.05) is 26.0 Å². The second-order valence-corrected chi connectivity index (χ2v) is 5.43. The fraction of sp³-hybridized carbons (Fsp3) is 0.500. The Hall–Kier alpha value is -1.55. The molecule has 0 bridgehead atoms. The van der Waals surface area contributed by atoms with E-state index in [1.54, 1.807) is 12.1 Å². The fourth-order valence-corrected chi connectivity index (χ4v) is 1.52. The Morgan fingerprint density at radius 1 is 1.50 bits per heavy atom. The third-order valence-corrected chi connectivity index (χ3v) is 2.97. The molecule has 0 spiro atoms. The average molecular weight is 250 g/mol. The summed E-state index contributed by atoms with van der Waals surface area (Å²) < 4.78 is 0. The maximum Gasteiger partial charge on any atom is 0.227 e. The second-order valence-electron chi connectivity index (χ2n) is 5.43. The summed E-state index contributed by atoms with van der Waals surface area (Å²) in [6.45, 7) is 6.14. The van der Waals surface area contributed by atoms with Crippen LogP contribution in [-0.2, 0) is 4.79 Å². The summed E-state index contributed by atoms with van der Waals surface area (Å²) in [5.74, 6) is -0.301. The quantitative estimate of drug-likeness (QED) is 0.693. The predicted molar refractivity (Wildman–Crippen MR) is 73.1 cm³/mol. The number of hydrogen-bond acceptors (Lipinski definition) is 3. The van der Waals surface area contributed by atoms with E-state index in [9.17, 15) is 4.79 Å².